The smallest absolute Gasteiger partial charge is 0.194 e. The number of benzene rings is 1. The Morgan fingerprint density at radius 3 is 2.53 bits per heavy atom. The zero-order valence-corrected chi connectivity index (χ0v) is 9.17. The molecule has 0 amide bonds. The Kier molecular flexibility index (Phi) is 3.52. The first-order chi connectivity index (χ1) is 8.11. The van der Waals surface area contributed by atoms with Gasteiger partial charge in [0.1, 0.15) is 0 Å². The van der Waals surface area contributed by atoms with Gasteiger partial charge in [-0.25, -0.2) is 13.2 Å². The van der Waals surface area contributed by atoms with Crippen LogP contribution in [0.25, 0.3) is 0 Å². The minimum absolute atomic E-state index is 0.139. The Morgan fingerprint density at radius 1 is 1.12 bits per heavy atom. The molecule has 0 radical (unpaired) electrons. The number of hydrogen-bond acceptors (Lipinski definition) is 1. The van der Waals surface area contributed by atoms with Crippen LogP contribution in [-0.4, -0.2) is 5.11 Å². The first-order valence-corrected chi connectivity index (χ1v) is 5.57. The Bertz CT molecular complexity index is 443. The van der Waals surface area contributed by atoms with Crippen molar-refractivity contribution in [3.8, 4) is 0 Å². The fraction of sp³-hybridized carbons (Fsp3) is 0.385. The van der Waals surface area contributed by atoms with Gasteiger partial charge in [0.05, 0.1) is 6.10 Å². The van der Waals surface area contributed by atoms with E-state index in [-0.39, 0.29) is 11.5 Å². The van der Waals surface area contributed by atoms with Crippen molar-refractivity contribution in [2.75, 3.05) is 0 Å². The Morgan fingerprint density at radius 2 is 1.88 bits per heavy atom. The summed E-state index contributed by atoms with van der Waals surface area (Å²) in [6, 6.07) is 1.95. The van der Waals surface area contributed by atoms with Gasteiger partial charge in [-0.05, 0) is 31.2 Å². The first kappa shape index (κ1) is 12.2. The number of aliphatic hydroxyl groups is 1. The van der Waals surface area contributed by atoms with Crippen molar-refractivity contribution in [3.05, 3.63) is 47.3 Å². The molecule has 1 aliphatic rings. The van der Waals surface area contributed by atoms with Crippen LogP contribution in [-0.2, 0) is 0 Å². The molecule has 0 aliphatic heterocycles. The van der Waals surface area contributed by atoms with Gasteiger partial charge >= 0.3 is 0 Å². The standard InChI is InChI=1S/C13H13F3O/c14-10-7-6-9(11(15)12(10)16)13(17)8-4-2-1-3-5-8/h1-2,6-8,13,17H,3-5H2. The SMILES string of the molecule is OC(c1ccc(F)c(F)c1F)C1CC=CCC1. The second-order valence-electron chi connectivity index (χ2n) is 4.25. The molecule has 17 heavy (non-hydrogen) atoms. The summed E-state index contributed by atoms with van der Waals surface area (Å²) in [6.07, 6.45) is 4.97. The number of allylic oxidation sites excluding steroid dienone is 2. The summed E-state index contributed by atoms with van der Waals surface area (Å²) in [5, 5.41) is 9.98. The first-order valence-electron chi connectivity index (χ1n) is 5.57. The Hall–Kier alpha value is -1.29. The van der Waals surface area contributed by atoms with Crippen LogP contribution in [0.15, 0.2) is 24.3 Å². The summed E-state index contributed by atoms with van der Waals surface area (Å²) in [6.45, 7) is 0. The van der Waals surface area contributed by atoms with Gasteiger partial charge in [-0.2, -0.15) is 0 Å². The minimum Gasteiger partial charge on any atom is -0.388 e. The van der Waals surface area contributed by atoms with Gasteiger partial charge in [0.2, 0.25) is 0 Å². The molecule has 0 bridgehead atoms. The topological polar surface area (TPSA) is 20.2 Å². The van der Waals surface area contributed by atoms with Crippen molar-refractivity contribution in [1.29, 1.82) is 0 Å². The molecule has 92 valence electrons. The maximum Gasteiger partial charge on any atom is 0.194 e. The van der Waals surface area contributed by atoms with Gasteiger partial charge in [-0.1, -0.05) is 18.2 Å². The summed E-state index contributed by atoms with van der Waals surface area (Å²) in [5.41, 5.74) is -0.163. The summed E-state index contributed by atoms with van der Waals surface area (Å²) in [5.74, 6) is -4.18. The molecule has 0 aromatic heterocycles. The zero-order valence-electron chi connectivity index (χ0n) is 9.17. The van der Waals surface area contributed by atoms with Gasteiger partial charge in [0, 0.05) is 5.56 Å². The molecule has 4 heteroatoms. The molecule has 0 heterocycles. The minimum atomic E-state index is -1.52. The second-order valence-corrected chi connectivity index (χ2v) is 4.25. The molecular weight excluding hydrogens is 229 g/mol. The Balaban J connectivity index is 2.27. The van der Waals surface area contributed by atoms with E-state index in [9.17, 15) is 18.3 Å². The molecule has 0 spiro atoms. The average Bonchev–Trinajstić information content (AvgIpc) is 2.36. The van der Waals surface area contributed by atoms with Gasteiger partial charge < -0.3 is 5.11 Å². The van der Waals surface area contributed by atoms with Crippen LogP contribution < -0.4 is 0 Å². The fourth-order valence-electron chi connectivity index (χ4n) is 2.13. The highest BCUT2D eigenvalue weighted by atomic mass is 19.2. The molecule has 1 aliphatic carbocycles. The molecule has 0 fully saturated rings. The molecule has 1 N–H and O–H groups in total. The third-order valence-electron chi connectivity index (χ3n) is 3.14. The number of hydrogen-bond donors (Lipinski definition) is 1. The van der Waals surface area contributed by atoms with Gasteiger partial charge in [0.25, 0.3) is 0 Å². The van der Waals surface area contributed by atoms with Crippen molar-refractivity contribution < 1.29 is 18.3 Å². The molecule has 0 saturated heterocycles. The maximum absolute atomic E-state index is 13.5. The molecular formula is C13H13F3O. The van der Waals surface area contributed by atoms with E-state index < -0.39 is 23.6 Å². The Labute approximate surface area is 97.6 Å². The third kappa shape index (κ3) is 2.36. The van der Waals surface area contributed by atoms with E-state index in [2.05, 4.69) is 0 Å². The zero-order chi connectivity index (χ0) is 12.4. The monoisotopic (exact) mass is 242 g/mol. The van der Waals surface area contributed by atoms with E-state index in [4.69, 9.17) is 0 Å². The van der Waals surface area contributed by atoms with E-state index in [0.29, 0.717) is 6.42 Å². The lowest BCUT2D eigenvalue weighted by molar-refractivity contribution is 0.0978. The van der Waals surface area contributed by atoms with Crippen LogP contribution in [0.1, 0.15) is 30.9 Å². The third-order valence-corrected chi connectivity index (χ3v) is 3.14. The lowest BCUT2D eigenvalue weighted by Gasteiger charge is -2.24. The summed E-state index contributed by atoms with van der Waals surface area (Å²) in [4.78, 5) is 0. The molecule has 0 saturated carbocycles. The van der Waals surface area contributed by atoms with Crippen molar-refractivity contribution >= 4 is 0 Å². The van der Waals surface area contributed by atoms with Crippen molar-refractivity contribution in [1.82, 2.24) is 0 Å². The lowest BCUT2D eigenvalue weighted by atomic mass is 9.86. The van der Waals surface area contributed by atoms with E-state index in [1.807, 2.05) is 12.2 Å². The predicted molar refractivity (Wildman–Crippen MR) is 57.8 cm³/mol. The van der Waals surface area contributed by atoms with Crippen molar-refractivity contribution in [2.24, 2.45) is 5.92 Å². The second kappa shape index (κ2) is 4.92. The molecule has 1 aromatic rings. The van der Waals surface area contributed by atoms with Crippen LogP contribution >= 0.6 is 0 Å². The summed E-state index contributed by atoms with van der Waals surface area (Å²) < 4.78 is 39.3. The van der Waals surface area contributed by atoms with E-state index in [1.165, 1.54) is 0 Å². The van der Waals surface area contributed by atoms with Crippen LogP contribution in [0.2, 0.25) is 0 Å². The maximum atomic E-state index is 13.5. The fourth-order valence-corrected chi connectivity index (χ4v) is 2.13. The van der Waals surface area contributed by atoms with Gasteiger partial charge in [-0.3, -0.25) is 0 Å². The van der Waals surface area contributed by atoms with Crippen LogP contribution in [0.3, 0.4) is 0 Å². The summed E-state index contributed by atoms with van der Waals surface area (Å²) >= 11 is 0. The highest BCUT2D eigenvalue weighted by Crippen LogP contribution is 2.33. The highest BCUT2D eigenvalue weighted by molar-refractivity contribution is 5.23. The molecule has 1 aromatic carbocycles. The van der Waals surface area contributed by atoms with Gasteiger partial charge in [0.15, 0.2) is 17.5 Å². The van der Waals surface area contributed by atoms with Crippen molar-refractivity contribution in [3.63, 3.8) is 0 Å². The van der Waals surface area contributed by atoms with Crippen LogP contribution in [0.4, 0.5) is 13.2 Å². The average molecular weight is 242 g/mol. The summed E-state index contributed by atoms with van der Waals surface area (Å²) in [7, 11) is 0. The lowest BCUT2D eigenvalue weighted by Crippen LogP contribution is -2.16. The molecule has 1 nitrogen and oxygen atoms in total. The van der Waals surface area contributed by atoms with E-state index in [0.717, 1.165) is 25.0 Å². The van der Waals surface area contributed by atoms with Gasteiger partial charge in [-0.15, -0.1) is 0 Å². The van der Waals surface area contributed by atoms with E-state index >= 15 is 0 Å². The van der Waals surface area contributed by atoms with E-state index in [1.54, 1.807) is 0 Å². The highest BCUT2D eigenvalue weighted by Gasteiger charge is 2.26. The molecule has 2 unspecified atom stereocenters. The number of aliphatic hydroxyl groups excluding tert-OH is 1. The normalized spacial score (nSPS) is 21.5. The molecule has 2 rings (SSSR count). The van der Waals surface area contributed by atoms with Crippen LogP contribution in [0, 0.1) is 23.4 Å². The number of rotatable bonds is 2. The quantitative estimate of drug-likeness (QED) is 0.621. The number of halogens is 3. The predicted octanol–water partition coefficient (Wildman–Crippen LogP) is 3.49. The molecule has 2 atom stereocenters. The van der Waals surface area contributed by atoms with Crippen LogP contribution in [0.5, 0.6) is 0 Å². The van der Waals surface area contributed by atoms with Crippen molar-refractivity contribution in [2.45, 2.75) is 25.4 Å². The largest absolute Gasteiger partial charge is 0.388 e.